The molecule has 0 aromatic heterocycles. The summed E-state index contributed by atoms with van der Waals surface area (Å²) in [7, 11) is 6.17. The molecule has 0 bridgehead atoms. The number of quaternary nitrogens is 1. The maximum absolute atomic E-state index is 12.3. The Labute approximate surface area is 228 Å². The van der Waals surface area contributed by atoms with E-state index in [0.717, 1.165) is 49.6 Å². The molecule has 0 fully saturated rings. The molecule has 0 rings (SSSR count). The van der Waals surface area contributed by atoms with Gasteiger partial charge < -0.3 is 18.3 Å². The number of ether oxygens (including phenoxy) is 1. The van der Waals surface area contributed by atoms with E-state index < -0.39 is 20.7 Å². The second-order valence-corrected chi connectivity index (χ2v) is 10.5. The minimum atomic E-state index is -1.62. The van der Waals surface area contributed by atoms with Crippen LogP contribution in [-0.2, 0) is 23.1 Å². The molecular weight excluding hydrogens is 485 g/mol. The summed E-state index contributed by atoms with van der Waals surface area (Å²) in [4.78, 5) is 12.3. The average Bonchev–Trinajstić information content (AvgIpc) is 2.85. The number of rotatable bonds is 22. The van der Waals surface area contributed by atoms with Gasteiger partial charge in [-0.15, -0.1) is 0 Å². The third kappa shape index (κ3) is 24.3. The van der Waals surface area contributed by atoms with Gasteiger partial charge in [0.15, 0.2) is 6.10 Å². The van der Waals surface area contributed by atoms with Crippen molar-refractivity contribution in [1.82, 2.24) is 0 Å². The Morgan fingerprint density at radius 2 is 1.22 bits per heavy atom. The first-order valence-electron chi connectivity index (χ1n) is 13.3. The molecule has 210 valence electrons. The number of allylic oxidation sites excluding steroid dienone is 11. The van der Waals surface area contributed by atoms with E-state index in [4.69, 9.17) is 18.3 Å². The molecule has 6 nitrogen and oxygen atoms in total. The smallest absolute Gasteiger partial charge is 0.336 e. The van der Waals surface area contributed by atoms with Gasteiger partial charge in [-0.25, -0.2) is 4.79 Å². The molecule has 0 spiro atoms. The molecule has 0 aromatic rings. The van der Waals surface area contributed by atoms with Crippen molar-refractivity contribution >= 4 is 14.6 Å². The van der Waals surface area contributed by atoms with Gasteiger partial charge in [0.25, 0.3) is 0 Å². The number of esters is 1. The van der Waals surface area contributed by atoms with E-state index >= 15 is 0 Å². The molecule has 0 aliphatic rings. The molecule has 0 amide bonds. The lowest BCUT2D eigenvalue weighted by Crippen LogP contribution is -2.37. The van der Waals surface area contributed by atoms with E-state index in [1.807, 2.05) is 12.2 Å². The summed E-state index contributed by atoms with van der Waals surface area (Å²) in [6.07, 6.45) is 31.2. The summed E-state index contributed by atoms with van der Waals surface area (Å²) in [5.74, 6) is -0.401. The van der Waals surface area contributed by atoms with Gasteiger partial charge in [0, 0.05) is 13.5 Å². The van der Waals surface area contributed by atoms with Crippen molar-refractivity contribution < 1.29 is 27.6 Å². The Kier molecular flexibility index (Phi) is 23.3. The molecule has 0 N–H and O–H groups in total. The topological polar surface area (TPSA) is 54.0 Å². The lowest BCUT2D eigenvalue weighted by atomic mass is 10.2. The van der Waals surface area contributed by atoms with Gasteiger partial charge >= 0.3 is 14.6 Å². The first-order valence-corrected chi connectivity index (χ1v) is 14.4. The summed E-state index contributed by atoms with van der Waals surface area (Å²) < 4.78 is 22.8. The normalized spacial score (nSPS) is 14.9. The lowest BCUT2D eigenvalue weighted by Gasteiger charge is -2.25. The lowest BCUT2D eigenvalue weighted by molar-refractivity contribution is -0.870. The van der Waals surface area contributed by atoms with Crippen LogP contribution in [-0.4, -0.2) is 64.6 Å². The summed E-state index contributed by atoms with van der Waals surface area (Å²) >= 11 is 0. The second kappa shape index (κ2) is 24.5. The SMILES string of the molecule is CC/C=C\C/C=C\C/C=C\C/C=C\C/C=C\C/C=C\CC(OP(OC)OCC[N+](C)(C)C)C(=O)OCC. The van der Waals surface area contributed by atoms with Gasteiger partial charge in [0.05, 0.1) is 27.7 Å². The van der Waals surface area contributed by atoms with E-state index in [2.05, 4.69) is 88.8 Å². The zero-order valence-electron chi connectivity index (χ0n) is 24.0. The second-order valence-electron chi connectivity index (χ2n) is 9.25. The molecule has 0 aromatic carbocycles. The fraction of sp³-hybridized carbons (Fsp3) is 0.567. The van der Waals surface area contributed by atoms with Crippen LogP contribution in [0.4, 0.5) is 0 Å². The quantitative estimate of drug-likeness (QED) is 0.0617. The summed E-state index contributed by atoms with van der Waals surface area (Å²) in [5.41, 5.74) is 0. The number of nitrogens with zero attached hydrogens (tertiary/aromatic N) is 1. The average molecular weight is 537 g/mol. The molecule has 2 atom stereocenters. The highest BCUT2D eigenvalue weighted by atomic mass is 31.2. The van der Waals surface area contributed by atoms with Crippen molar-refractivity contribution in [3.05, 3.63) is 72.9 Å². The van der Waals surface area contributed by atoms with Crippen LogP contribution in [0.25, 0.3) is 0 Å². The third-order valence-corrected chi connectivity index (χ3v) is 5.94. The van der Waals surface area contributed by atoms with Crippen LogP contribution >= 0.6 is 8.60 Å². The molecule has 0 saturated heterocycles. The zero-order chi connectivity index (χ0) is 27.6. The van der Waals surface area contributed by atoms with Crippen molar-refractivity contribution in [2.45, 2.75) is 64.9 Å². The minimum Gasteiger partial charge on any atom is -0.464 e. The molecule has 7 heteroatoms. The third-order valence-electron chi connectivity index (χ3n) is 4.82. The highest BCUT2D eigenvalue weighted by Gasteiger charge is 2.26. The zero-order valence-corrected chi connectivity index (χ0v) is 24.9. The number of carbonyl (C=O) groups is 1. The molecule has 0 aliphatic heterocycles. The first-order chi connectivity index (χ1) is 17.8. The van der Waals surface area contributed by atoms with E-state index in [-0.39, 0.29) is 0 Å². The maximum Gasteiger partial charge on any atom is 0.336 e. The molecule has 2 unspecified atom stereocenters. The Bertz CT molecular complexity index is 735. The Hall–Kier alpha value is -1.82. The van der Waals surface area contributed by atoms with Crippen LogP contribution in [0, 0.1) is 0 Å². The van der Waals surface area contributed by atoms with Crippen LogP contribution in [0.1, 0.15) is 58.8 Å². The predicted molar refractivity (Wildman–Crippen MR) is 157 cm³/mol. The maximum atomic E-state index is 12.3. The summed E-state index contributed by atoms with van der Waals surface area (Å²) in [6.45, 7) is 5.52. The van der Waals surface area contributed by atoms with Crippen LogP contribution in [0.5, 0.6) is 0 Å². The van der Waals surface area contributed by atoms with Gasteiger partial charge in [-0.05, 0) is 45.4 Å². The van der Waals surface area contributed by atoms with Gasteiger partial charge in [-0.3, -0.25) is 4.52 Å². The molecule has 0 radical (unpaired) electrons. The van der Waals surface area contributed by atoms with Crippen LogP contribution in [0.3, 0.4) is 0 Å². The van der Waals surface area contributed by atoms with Crippen molar-refractivity contribution in [2.75, 3.05) is 48.0 Å². The van der Waals surface area contributed by atoms with E-state index in [9.17, 15) is 4.79 Å². The molecule has 0 aliphatic carbocycles. The van der Waals surface area contributed by atoms with Crippen LogP contribution in [0.2, 0.25) is 0 Å². The van der Waals surface area contributed by atoms with Gasteiger partial charge in [-0.2, -0.15) is 0 Å². The molecule has 0 saturated carbocycles. The van der Waals surface area contributed by atoms with Crippen LogP contribution < -0.4 is 0 Å². The van der Waals surface area contributed by atoms with E-state index in [0.29, 0.717) is 19.6 Å². The largest absolute Gasteiger partial charge is 0.464 e. The van der Waals surface area contributed by atoms with E-state index in [1.165, 1.54) is 7.11 Å². The Morgan fingerprint density at radius 3 is 1.62 bits per heavy atom. The minimum absolute atomic E-state index is 0.301. The van der Waals surface area contributed by atoms with Gasteiger partial charge in [0.1, 0.15) is 13.2 Å². The fourth-order valence-electron chi connectivity index (χ4n) is 2.78. The number of carbonyl (C=O) groups excluding carboxylic acids is 1. The fourth-order valence-corrected chi connectivity index (χ4v) is 3.64. The van der Waals surface area contributed by atoms with Crippen LogP contribution in [0.15, 0.2) is 72.9 Å². The number of likely N-dealkylation sites (N-methyl/N-ethyl adjacent to an activating group) is 1. The molecule has 0 heterocycles. The van der Waals surface area contributed by atoms with Gasteiger partial charge in [0.2, 0.25) is 0 Å². The monoisotopic (exact) mass is 536 g/mol. The number of hydrogen-bond donors (Lipinski definition) is 0. The first kappa shape index (κ1) is 35.2. The van der Waals surface area contributed by atoms with Crippen molar-refractivity contribution in [3.63, 3.8) is 0 Å². The van der Waals surface area contributed by atoms with Crippen molar-refractivity contribution in [2.24, 2.45) is 0 Å². The van der Waals surface area contributed by atoms with Crippen molar-refractivity contribution in [3.8, 4) is 0 Å². The molecular formula is C30H51NO5P+. The Morgan fingerprint density at radius 1 is 0.757 bits per heavy atom. The van der Waals surface area contributed by atoms with Gasteiger partial charge in [-0.1, -0.05) is 79.8 Å². The van der Waals surface area contributed by atoms with Crippen molar-refractivity contribution in [1.29, 1.82) is 0 Å². The highest BCUT2D eigenvalue weighted by molar-refractivity contribution is 7.41. The standard InChI is InChI=1S/C30H51NO5P/c1-7-9-10-11-12-13-14-15-16-17-18-19-20-21-22-23-24-25-26-29(30(32)34-8-2)36-37(33-6)35-28-27-31(3,4)5/h9-10,12-13,15-16,18-19,21-22,24-25,29H,7-8,11,14,17,20,23,26-28H2,1-6H3/q+1/b10-9-,13-12-,16-15-,19-18-,22-21-,25-24-. The Balaban J connectivity index is 4.28. The predicted octanol–water partition coefficient (Wildman–Crippen LogP) is 7.62. The van der Waals surface area contributed by atoms with E-state index in [1.54, 1.807) is 6.92 Å². The summed E-state index contributed by atoms with van der Waals surface area (Å²) in [5, 5.41) is 0. The number of hydrogen-bond acceptors (Lipinski definition) is 5. The molecule has 37 heavy (non-hydrogen) atoms. The highest BCUT2D eigenvalue weighted by Crippen LogP contribution is 2.40. The summed E-state index contributed by atoms with van der Waals surface area (Å²) in [6, 6.07) is 0.